The molecular formula is C42H39N4+. The van der Waals surface area contributed by atoms with E-state index in [0.717, 1.165) is 36.7 Å². The molecule has 1 saturated heterocycles. The van der Waals surface area contributed by atoms with Gasteiger partial charge in [-0.1, -0.05) is 60.2 Å². The van der Waals surface area contributed by atoms with E-state index in [1.54, 1.807) is 11.1 Å². The first-order valence-electron chi connectivity index (χ1n) is 16.8. The van der Waals surface area contributed by atoms with Gasteiger partial charge >= 0.3 is 0 Å². The van der Waals surface area contributed by atoms with Crippen LogP contribution in [0.4, 0.5) is 0 Å². The van der Waals surface area contributed by atoms with E-state index in [0.29, 0.717) is 0 Å². The van der Waals surface area contributed by atoms with Crippen LogP contribution >= 0.6 is 0 Å². The zero-order valence-corrected chi connectivity index (χ0v) is 26.1. The number of piperidine rings is 1. The Morgan fingerprint density at radius 2 is 1.50 bits per heavy atom. The SMILES string of the molecule is C1=C[N+]23C=C(/C=C/c4c[nH]c5ccccc45)C=CC2(CCCC3)C2=C(C1)CCC1=CC(/C=C/c3c[nH]c4ccccc34)=CNC=C12. The molecule has 2 atom stereocenters. The van der Waals surface area contributed by atoms with Crippen LogP contribution in [0.1, 0.15) is 49.7 Å². The lowest BCUT2D eigenvalue weighted by molar-refractivity contribution is -0.876. The molecule has 46 heavy (non-hydrogen) atoms. The van der Waals surface area contributed by atoms with Crippen LogP contribution in [0.5, 0.6) is 0 Å². The first-order valence-corrected chi connectivity index (χ1v) is 16.8. The highest BCUT2D eigenvalue weighted by atomic mass is 15.4. The summed E-state index contributed by atoms with van der Waals surface area (Å²) in [5.74, 6) is 0. The number of hydrogen-bond acceptors (Lipinski definition) is 1. The number of quaternary nitrogens is 1. The largest absolute Gasteiger partial charge is 0.367 e. The summed E-state index contributed by atoms with van der Waals surface area (Å²) < 4.78 is 0.876. The van der Waals surface area contributed by atoms with Gasteiger partial charge in [-0.05, 0) is 96.9 Å². The second-order valence-corrected chi connectivity index (χ2v) is 13.3. The Bertz CT molecular complexity index is 2170. The van der Waals surface area contributed by atoms with E-state index in [9.17, 15) is 0 Å². The van der Waals surface area contributed by atoms with Crippen LogP contribution in [-0.2, 0) is 0 Å². The summed E-state index contributed by atoms with van der Waals surface area (Å²) in [6.07, 6.45) is 39.5. The summed E-state index contributed by atoms with van der Waals surface area (Å²) in [6.45, 7) is 1.12. The van der Waals surface area contributed by atoms with Crippen molar-refractivity contribution in [3.8, 4) is 0 Å². The van der Waals surface area contributed by atoms with Gasteiger partial charge in [-0.3, -0.25) is 4.48 Å². The summed E-state index contributed by atoms with van der Waals surface area (Å²) in [7, 11) is 0. The number of rotatable bonds is 4. The summed E-state index contributed by atoms with van der Waals surface area (Å²) in [4.78, 5) is 6.83. The minimum Gasteiger partial charge on any atom is -0.367 e. The normalized spacial score (nSPS) is 25.7. The van der Waals surface area contributed by atoms with Crippen molar-refractivity contribution < 1.29 is 4.48 Å². The quantitative estimate of drug-likeness (QED) is 0.201. The van der Waals surface area contributed by atoms with Crippen LogP contribution in [0.25, 0.3) is 34.0 Å². The first kappa shape index (κ1) is 27.3. The van der Waals surface area contributed by atoms with Gasteiger partial charge in [0.1, 0.15) is 6.20 Å². The Kier molecular flexibility index (Phi) is 6.39. The fraction of sp³-hybridized carbons (Fsp3) is 0.190. The average Bonchev–Trinajstić information content (AvgIpc) is 3.59. The van der Waals surface area contributed by atoms with Crippen LogP contribution in [0.2, 0.25) is 0 Å². The van der Waals surface area contributed by atoms with Crippen molar-refractivity contribution in [1.29, 1.82) is 0 Å². The minimum absolute atomic E-state index is 0.0872. The molecule has 2 aromatic heterocycles. The number of fused-ring (bicyclic) bond motifs is 4. The molecule has 2 unspecified atom stereocenters. The van der Waals surface area contributed by atoms with E-state index in [1.165, 1.54) is 68.1 Å². The number of nitrogens with zero attached hydrogens (tertiary/aromatic N) is 1. The molecule has 4 heteroatoms. The molecule has 4 aromatic rings. The van der Waals surface area contributed by atoms with Crippen molar-refractivity contribution >= 4 is 34.0 Å². The van der Waals surface area contributed by atoms with Crippen LogP contribution in [-0.4, -0.2) is 26.5 Å². The molecule has 9 rings (SSSR count). The number of para-hydroxylation sites is 2. The van der Waals surface area contributed by atoms with Crippen LogP contribution in [0.15, 0.2) is 156 Å². The molecule has 0 radical (unpaired) electrons. The molecular weight excluding hydrogens is 560 g/mol. The maximum Gasteiger partial charge on any atom is 0.153 e. The Hall–Kier alpha value is -5.06. The summed E-state index contributed by atoms with van der Waals surface area (Å²) in [5, 5.41) is 6.13. The maximum atomic E-state index is 3.61. The standard InChI is InChI=1S/C42H39N4/c1-3-11-39-36(9-1)34(26-44-39)15-13-30-19-21-42-20-5-6-22-46(42,29-30)23-7-8-32-17-18-33-24-31(25-43-28-38(33)41(32)42)14-16-35-27-45-40-12-4-2-10-37(35)40/h1-4,7,9-16,19,21,23-29,43-45H,5-6,8,17-18,20,22H2/q+1/b15-13+,16-14+. The topological polar surface area (TPSA) is 43.6 Å². The van der Waals surface area contributed by atoms with E-state index in [4.69, 9.17) is 0 Å². The van der Waals surface area contributed by atoms with Gasteiger partial charge in [0.25, 0.3) is 0 Å². The van der Waals surface area contributed by atoms with Crippen molar-refractivity contribution in [2.45, 2.75) is 44.1 Å². The second-order valence-electron chi connectivity index (χ2n) is 13.3. The molecule has 5 aliphatic rings. The molecule has 3 N–H and O–H groups in total. The van der Waals surface area contributed by atoms with Gasteiger partial charge in [0.2, 0.25) is 0 Å². The van der Waals surface area contributed by atoms with Crippen molar-refractivity contribution in [2.75, 3.05) is 6.54 Å². The van der Waals surface area contributed by atoms with Gasteiger partial charge in [0.05, 0.1) is 12.7 Å². The first-order chi connectivity index (χ1) is 22.7. The van der Waals surface area contributed by atoms with Gasteiger partial charge < -0.3 is 15.3 Å². The van der Waals surface area contributed by atoms with E-state index in [1.807, 2.05) is 0 Å². The van der Waals surface area contributed by atoms with Crippen LogP contribution < -0.4 is 5.32 Å². The lowest BCUT2D eigenvalue weighted by Crippen LogP contribution is -2.62. The molecule has 0 amide bonds. The third-order valence-electron chi connectivity index (χ3n) is 10.8. The third kappa shape index (κ3) is 4.32. The van der Waals surface area contributed by atoms with E-state index in [-0.39, 0.29) is 5.54 Å². The monoisotopic (exact) mass is 599 g/mol. The van der Waals surface area contributed by atoms with Gasteiger partial charge in [0.15, 0.2) is 5.54 Å². The van der Waals surface area contributed by atoms with Gasteiger partial charge in [-0.25, -0.2) is 0 Å². The number of hydrogen-bond donors (Lipinski definition) is 3. The zero-order valence-electron chi connectivity index (χ0n) is 26.1. The minimum atomic E-state index is -0.0872. The maximum absolute atomic E-state index is 3.61. The molecule has 0 bridgehead atoms. The Morgan fingerprint density at radius 3 is 2.28 bits per heavy atom. The molecule has 6 heterocycles. The molecule has 4 nitrogen and oxygen atoms in total. The summed E-state index contributed by atoms with van der Waals surface area (Å²) in [5.41, 5.74) is 13.2. The number of aromatic amines is 2. The Balaban J connectivity index is 1.06. The van der Waals surface area contributed by atoms with E-state index >= 15 is 0 Å². The third-order valence-corrected chi connectivity index (χ3v) is 10.8. The average molecular weight is 600 g/mol. The number of aromatic nitrogens is 2. The number of H-pyrrole nitrogens is 2. The van der Waals surface area contributed by atoms with Crippen molar-refractivity contribution in [2.24, 2.45) is 0 Å². The van der Waals surface area contributed by atoms with Gasteiger partial charge in [-0.2, -0.15) is 0 Å². The molecule has 4 aliphatic heterocycles. The zero-order chi connectivity index (χ0) is 30.6. The molecule has 0 spiro atoms. The van der Waals surface area contributed by atoms with Gasteiger partial charge in [-0.15, -0.1) is 0 Å². The summed E-state index contributed by atoms with van der Waals surface area (Å²) in [6, 6.07) is 17.0. The van der Waals surface area contributed by atoms with Crippen LogP contribution in [0, 0.1) is 0 Å². The molecule has 0 saturated carbocycles. The van der Waals surface area contributed by atoms with Crippen LogP contribution in [0.3, 0.4) is 0 Å². The molecule has 226 valence electrons. The van der Waals surface area contributed by atoms with Gasteiger partial charge in [0, 0.05) is 69.7 Å². The Morgan fingerprint density at radius 1 is 0.761 bits per heavy atom. The lowest BCUT2D eigenvalue weighted by atomic mass is 9.67. The predicted octanol–water partition coefficient (Wildman–Crippen LogP) is 9.87. The highest BCUT2D eigenvalue weighted by molar-refractivity contribution is 5.90. The highest BCUT2D eigenvalue weighted by Gasteiger charge is 2.56. The molecule has 2 aromatic carbocycles. The van der Waals surface area contributed by atoms with E-state index in [2.05, 4.69) is 150 Å². The second kappa shape index (κ2) is 10.8. The van der Waals surface area contributed by atoms with Crippen molar-refractivity contribution in [1.82, 2.24) is 15.3 Å². The fourth-order valence-corrected chi connectivity index (χ4v) is 8.62. The molecule has 1 fully saturated rings. The fourth-order valence-electron chi connectivity index (χ4n) is 8.62. The molecule has 1 aliphatic carbocycles. The Labute approximate surface area is 270 Å². The van der Waals surface area contributed by atoms with E-state index < -0.39 is 0 Å². The highest BCUT2D eigenvalue weighted by Crippen LogP contribution is 2.54. The lowest BCUT2D eigenvalue weighted by Gasteiger charge is -2.54. The predicted molar refractivity (Wildman–Crippen MR) is 191 cm³/mol. The smallest absolute Gasteiger partial charge is 0.153 e. The number of allylic oxidation sites excluding steroid dienone is 9. The summed E-state index contributed by atoms with van der Waals surface area (Å²) >= 11 is 0. The number of benzene rings is 2. The van der Waals surface area contributed by atoms with Crippen molar-refractivity contribution in [3.05, 3.63) is 167 Å². The number of nitrogens with one attached hydrogen (secondary N) is 3. The van der Waals surface area contributed by atoms with Crippen molar-refractivity contribution in [3.63, 3.8) is 0 Å².